The van der Waals surface area contributed by atoms with Crippen molar-refractivity contribution in [2.24, 2.45) is 0 Å². The number of carbonyl (C=O) groups is 1. The summed E-state index contributed by atoms with van der Waals surface area (Å²) >= 11 is 5.93. The molecule has 2 N–H and O–H groups in total. The molecule has 1 aliphatic heterocycles. The molecule has 2 heterocycles. The zero-order valence-corrected chi connectivity index (χ0v) is 16.6. The van der Waals surface area contributed by atoms with Gasteiger partial charge in [0.15, 0.2) is 6.04 Å². The normalized spacial score (nSPS) is 18.4. The second kappa shape index (κ2) is 7.68. The number of rotatable bonds is 3. The number of hydrogen-bond donors (Lipinski definition) is 2. The van der Waals surface area contributed by atoms with Crippen LogP contribution in [0.1, 0.15) is 40.0 Å². The number of halogens is 4. The number of aryl methyl sites for hydroxylation is 1. The number of fused-ring (bicyclic) bond motifs is 1. The van der Waals surface area contributed by atoms with Gasteiger partial charge in [-0.1, -0.05) is 47.5 Å². The van der Waals surface area contributed by atoms with Gasteiger partial charge in [0, 0.05) is 17.1 Å². The van der Waals surface area contributed by atoms with E-state index in [4.69, 9.17) is 11.6 Å². The second-order valence-corrected chi connectivity index (χ2v) is 7.65. The van der Waals surface area contributed by atoms with Crippen molar-refractivity contribution < 1.29 is 18.0 Å². The standard InChI is InChI=1S/C21H18ClF3N4O/c1-12-5-7-13(8-6-12)17-10-18(21(23,24)25)29-19(28-17)16(11-26-29)20(30)27-15-4-2-3-14(22)9-15/h2-9,11,17-18,28H,10H2,1H3,(H,27,30)/t17-,18-/m0/s1. The van der Waals surface area contributed by atoms with Gasteiger partial charge in [0.25, 0.3) is 5.91 Å². The summed E-state index contributed by atoms with van der Waals surface area (Å²) in [7, 11) is 0. The molecule has 1 amide bonds. The Morgan fingerprint density at radius 1 is 1.23 bits per heavy atom. The van der Waals surface area contributed by atoms with Crippen molar-refractivity contribution in [3.63, 3.8) is 0 Å². The number of alkyl halides is 3. The molecule has 156 valence electrons. The molecule has 0 saturated heterocycles. The van der Waals surface area contributed by atoms with E-state index < -0.39 is 24.2 Å². The molecule has 2 aromatic carbocycles. The van der Waals surface area contributed by atoms with E-state index in [9.17, 15) is 18.0 Å². The number of nitrogens with zero attached hydrogens (tertiary/aromatic N) is 2. The smallest absolute Gasteiger partial charge is 0.363 e. The quantitative estimate of drug-likeness (QED) is 0.551. The first-order valence-electron chi connectivity index (χ1n) is 9.26. The number of aromatic nitrogens is 2. The number of carbonyl (C=O) groups excluding carboxylic acids is 1. The van der Waals surface area contributed by atoms with Gasteiger partial charge in [-0.25, -0.2) is 4.68 Å². The third-order valence-electron chi connectivity index (χ3n) is 5.05. The molecule has 5 nitrogen and oxygen atoms in total. The number of amides is 1. The number of nitrogens with one attached hydrogen (secondary N) is 2. The second-order valence-electron chi connectivity index (χ2n) is 7.22. The summed E-state index contributed by atoms with van der Waals surface area (Å²) in [6.45, 7) is 1.91. The molecule has 0 radical (unpaired) electrons. The molecular weight excluding hydrogens is 417 g/mol. The minimum absolute atomic E-state index is 0.0287. The average Bonchev–Trinajstić information content (AvgIpc) is 3.11. The highest BCUT2D eigenvalue weighted by Gasteiger charge is 2.47. The lowest BCUT2D eigenvalue weighted by atomic mass is 9.96. The zero-order chi connectivity index (χ0) is 21.5. The lowest BCUT2D eigenvalue weighted by Gasteiger charge is -2.34. The summed E-state index contributed by atoms with van der Waals surface area (Å²) < 4.78 is 42.2. The van der Waals surface area contributed by atoms with E-state index in [1.54, 1.807) is 36.4 Å². The zero-order valence-electron chi connectivity index (χ0n) is 15.9. The van der Waals surface area contributed by atoms with Gasteiger partial charge in [-0.2, -0.15) is 18.3 Å². The van der Waals surface area contributed by atoms with Crippen LogP contribution in [0.2, 0.25) is 5.02 Å². The van der Waals surface area contributed by atoms with Gasteiger partial charge in [0.2, 0.25) is 0 Å². The van der Waals surface area contributed by atoms with E-state index >= 15 is 0 Å². The first-order valence-corrected chi connectivity index (χ1v) is 9.64. The Balaban J connectivity index is 1.69. The largest absolute Gasteiger partial charge is 0.410 e. The van der Waals surface area contributed by atoms with Crippen LogP contribution in [0.15, 0.2) is 54.7 Å². The summed E-state index contributed by atoms with van der Waals surface area (Å²) in [5, 5.41) is 10.0. The van der Waals surface area contributed by atoms with Gasteiger partial charge in [0.05, 0.1) is 12.2 Å². The summed E-state index contributed by atoms with van der Waals surface area (Å²) in [5.41, 5.74) is 2.18. The van der Waals surface area contributed by atoms with Gasteiger partial charge >= 0.3 is 6.18 Å². The monoisotopic (exact) mass is 434 g/mol. The lowest BCUT2D eigenvalue weighted by molar-refractivity contribution is -0.173. The van der Waals surface area contributed by atoms with Crippen molar-refractivity contribution in [2.75, 3.05) is 10.6 Å². The number of benzene rings is 2. The van der Waals surface area contributed by atoms with Crippen LogP contribution in [0, 0.1) is 6.92 Å². The van der Waals surface area contributed by atoms with Gasteiger partial charge in [-0.15, -0.1) is 0 Å². The van der Waals surface area contributed by atoms with E-state index in [1.165, 1.54) is 0 Å². The molecular formula is C21H18ClF3N4O. The molecule has 0 unspecified atom stereocenters. The van der Waals surface area contributed by atoms with Crippen molar-refractivity contribution in [3.05, 3.63) is 76.4 Å². The predicted molar refractivity (Wildman–Crippen MR) is 109 cm³/mol. The first-order chi connectivity index (χ1) is 14.2. The van der Waals surface area contributed by atoms with Crippen molar-refractivity contribution in [1.29, 1.82) is 0 Å². The van der Waals surface area contributed by atoms with E-state index in [0.717, 1.165) is 16.4 Å². The molecule has 0 bridgehead atoms. The average molecular weight is 435 g/mol. The van der Waals surface area contributed by atoms with Crippen LogP contribution in [-0.4, -0.2) is 21.9 Å². The van der Waals surface area contributed by atoms with E-state index in [-0.39, 0.29) is 17.8 Å². The Bertz CT molecular complexity index is 1080. The maximum absolute atomic E-state index is 13.8. The van der Waals surface area contributed by atoms with Crippen LogP contribution in [-0.2, 0) is 0 Å². The van der Waals surface area contributed by atoms with Crippen molar-refractivity contribution in [3.8, 4) is 0 Å². The van der Waals surface area contributed by atoms with Crippen LogP contribution < -0.4 is 10.6 Å². The molecule has 3 aromatic rings. The predicted octanol–water partition coefficient (Wildman–Crippen LogP) is 5.76. The summed E-state index contributed by atoms with van der Waals surface area (Å²) in [4.78, 5) is 12.8. The van der Waals surface area contributed by atoms with Gasteiger partial charge in [-0.05, 0) is 30.7 Å². The highest BCUT2D eigenvalue weighted by atomic mass is 35.5. The van der Waals surface area contributed by atoms with Crippen molar-refractivity contribution in [2.45, 2.75) is 31.6 Å². The van der Waals surface area contributed by atoms with E-state index in [1.807, 2.05) is 19.1 Å². The van der Waals surface area contributed by atoms with Gasteiger partial charge in [-0.3, -0.25) is 4.79 Å². The fraction of sp³-hybridized carbons (Fsp3) is 0.238. The van der Waals surface area contributed by atoms with Crippen LogP contribution in [0.5, 0.6) is 0 Å². The highest BCUT2D eigenvalue weighted by molar-refractivity contribution is 6.31. The number of anilines is 2. The molecule has 0 saturated carbocycles. The summed E-state index contributed by atoms with van der Waals surface area (Å²) in [6.07, 6.45) is -3.58. The van der Waals surface area contributed by atoms with Gasteiger partial charge in [0.1, 0.15) is 11.4 Å². The van der Waals surface area contributed by atoms with Crippen LogP contribution in [0.25, 0.3) is 0 Å². The third-order valence-corrected chi connectivity index (χ3v) is 5.28. The molecule has 4 rings (SSSR count). The van der Waals surface area contributed by atoms with Crippen LogP contribution in [0.4, 0.5) is 24.7 Å². The summed E-state index contributed by atoms with van der Waals surface area (Å²) in [5.74, 6) is -0.537. The molecule has 0 spiro atoms. The topological polar surface area (TPSA) is 59.0 Å². The Morgan fingerprint density at radius 2 is 1.97 bits per heavy atom. The fourth-order valence-corrected chi connectivity index (χ4v) is 3.70. The Morgan fingerprint density at radius 3 is 2.63 bits per heavy atom. The SMILES string of the molecule is Cc1ccc([C@@H]2C[C@@H](C(F)(F)F)n3ncc(C(=O)Nc4cccc(Cl)c4)c3N2)cc1. The van der Waals surface area contributed by atoms with E-state index in [0.29, 0.717) is 16.3 Å². The molecule has 1 aliphatic rings. The Hall–Kier alpha value is -3.00. The van der Waals surface area contributed by atoms with Crippen molar-refractivity contribution >= 4 is 29.0 Å². The molecule has 30 heavy (non-hydrogen) atoms. The highest BCUT2D eigenvalue weighted by Crippen LogP contribution is 2.44. The number of hydrogen-bond acceptors (Lipinski definition) is 3. The maximum atomic E-state index is 13.8. The lowest BCUT2D eigenvalue weighted by Crippen LogP contribution is -2.36. The fourth-order valence-electron chi connectivity index (χ4n) is 3.51. The third kappa shape index (κ3) is 4.00. The minimum Gasteiger partial charge on any atom is -0.363 e. The van der Waals surface area contributed by atoms with Crippen LogP contribution in [0.3, 0.4) is 0 Å². The van der Waals surface area contributed by atoms with Gasteiger partial charge < -0.3 is 10.6 Å². The Labute approximate surface area is 175 Å². The maximum Gasteiger partial charge on any atom is 0.410 e. The first kappa shape index (κ1) is 20.3. The van der Waals surface area contributed by atoms with Crippen molar-refractivity contribution in [1.82, 2.24) is 9.78 Å². The summed E-state index contributed by atoms with van der Waals surface area (Å²) in [6, 6.07) is 11.3. The molecule has 1 aromatic heterocycles. The molecule has 0 fully saturated rings. The molecule has 9 heteroatoms. The molecule has 0 aliphatic carbocycles. The van der Waals surface area contributed by atoms with E-state index in [2.05, 4.69) is 15.7 Å². The molecule has 2 atom stereocenters. The minimum atomic E-state index is -4.51. The Kier molecular flexibility index (Phi) is 5.19. The van der Waals surface area contributed by atoms with Crippen LogP contribution >= 0.6 is 11.6 Å².